The first-order valence-corrected chi connectivity index (χ1v) is 6.88. The maximum atomic E-state index is 10.9. The molecule has 0 fully saturated rings. The molecule has 2 rings (SSSR count). The summed E-state index contributed by atoms with van der Waals surface area (Å²) in [5, 5.41) is 9.49. The summed E-state index contributed by atoms with van der Waals surface area (Å²) < 4.78 is 5.63. The lowest BCUT2D eigenvalue weighted by Crippen LogP contribution is -1.96. The number of carbonyl (C=O) groups is 1. The zero-order valence-corrected chi connectivity index (χ0v) is 12.1. The molecule has 0 unspecified atom stereocenters. The largest absolute Gasteiger partial charge is 0.487 e. The van der Waals surface area contributed by atoms with Crippen molar-refractivity contribution in [1.29, 1.82) is 0 Å². The van der Waals surface area contributed by atoms with Crippen molar-refractivity contribution in [2.75, 3.05) is 0 Å². The van der Waals surface area contributed by atoms with Crippen LogP contribution in [0.25, 0.3) is 0 Å². The van der Waals surface area contributed by atoms with E-state index in [2.05, 4.69) is 0 Å². The van der Waals surface area contributed by atoms with Crippen LogP contribution in [0.5, 0.6) is 5.75 Å². The Hall–Kier alpha value is -1.52. The molecule has 2 aromatic rings. The van der Waals surface area contributed by atoms with E-state index in [-0.39, 0.29) is 0 Å². The first-order valence-electron chi connectivity index (χ1n) is 5.69. The Morgan fingerprint density at radius 1 is 1.37 bits per heavy atom. The molecular weight excluding hydrogens is 284 g/mol. The van der Waals surface area contributed by atoms with Gasteiger partial charge in [-0.05, 0) is 37.6 Å². The third-order valence-corrected chi connectivity index (χ3v) is 4.08. The van der Waals surface area contributed by atoms with Gasteiger partial charge < -0.3 is 9.84 Å². The minimum absolute atomic E-state index is 0.318. The van der Waals surface area contributed by atoms with Crippen LogP contribution in [-0.2, 0) is 6.61 Å². The molecule has 19 heavy (non-hydrogen) atoms. The van der Waals surface area contributed by atoms with Crippen LogP contribution in [0.1, 0.15) is 25.7 Å². The van der Waals surface area contributed by atoms with Crippen LogP contribution in [0.15, 0.2) is 24.3 Å². The van der Waals surface area contributed by atoms with Crippen molar-refractivity contribution in [3.05, 3.63) is 50.2 Å². The summed E-state index contributed by atoms with van der Waals surface area (Å²) in [4.78, 5) is 12.2. The number of ether oxygens (including phenoxy) is 1. The van der Waals surface area contributed by atoms with E-state index in [1.807, 2.05) is 32.0 Å². The fourth-order valence-electron chi connectivity index (χ4n) is 1.65. The first kappa shape index (κ1) is 13.9. The fraction of sp³-hybridized carbons (Fsp3) is 0.214. The Labute approximate surface area is 120 Å². The van der Waals surface area contributed by atoms with Crippen LogP contribution < -0.4 is 4.74 Å². The molecule has 0 amide bonds. The molecule has 0 bridgehead atoms. The van der Waals surface area contributed by atoms with Gasteiger partial charge in [0.1, 0.15) is 17.2 Å². The Morgan fingerprint density at radius 3 is 2.68 bits per heavy atom. The van der Waals surface area contributed by atoms with E-state index in [9.17, 15) is 4.79 Å². The van der Waals surface area contributed by atoms with Crippen LogP contribution >= 0.6 is 22.9 Å². The monoisotopic (exact) mass is 296 g/mol. The Bertz CT molecular complexity index is 619. The lowest BCUT2D eigenvalue weighted by Gasteiger charge is -2.08. The highest BCUT2D eigenvalue weighted by Gasteiger charge is 2.12. The van der Waals surface area contributed by atoms with Crippen molar-refractivity contribution >= 4 is 28.9 Å². The number of carboxylic acid groups (broad SMARTS) is 1. The van der Waals surface area contributed by atoms with E-state index in [1.54, 1.807) is 6.07 Å². The average Bonchev–Trinajstić information content (AvgIpc) is 2.70. The summed E-state index contributed by atoms with van der Waals surface area (Å²) in [7, 11) is 0. The quantitative estimate of drug-likeness (QED) is 0.915. The number of benzene rings is 1. The van der Waals surface area contributed by atoms with Gasteiger partial charge >= 0.3 is 5.97 Å². The lowest BCUT2D eigenvalue weighted by atomic mass is 10.2. The first-order chi connectivity index (χ1) is 8.97. The summed E-state index contributed by atoms with van der Waals surface area (Å²) >= 11 is 7.33. The molecule has 100 valence electrons. The maximum absolute atomic E-state index is 10.9. The molecule has 0 spiro atoms. The van der Waals surface area contributed by atoms with Crippen molar-refractivity contribution in [1.82, 2.24) is 0 Å². The topological polar surface area (TPSA) is 46.5 Å². The maximum Gasteiger partial charge on any atom is 0.345 e. The van der Waals surface area contributed by atoms with Crippen LogP contribution in [-0.4, -0.2) is 11.1 Å². The molecule has 5 heteroatoms. The van der Waals surface area contributed by atoms with Gasteiger partial charge in [-0.15, -0.1) is 11.3 Å². The van der Waals surface area contributed by atoms with Crippen LogP contribution in [0, 0.1) is 13.8 Å². The van der Waals surface area contributed by atoms with Crippen molar-refractivity contribution in [3.63, 3.8) is 0 Å². The molecular formula is C14H13ClO3S. The van der Waals surface area contributed by atoms with Gasteiger partial charge in [-0.1, -0.05) is 17.7 Å². The summed E-state index contributed by atoms with van der Waals surface area (Å²) in [6, 6.07) is 7.21. The Kier molecular flexibility index (Phi) is 4.12. The molecule has 1 aromatic carbocycles. The molecule has 3 nitrogen and oxygen atoms in total. The molecule has 0 radical (unpaired) electrons. The van der Waals surface area contributed by atoms with E-state index < -0.39 is 5.97 Å². The smallest absolute Gasteiger partial charge is 0.345 e. The zero-order chi connectivity index (χ0) is 14.0. The van der Waals surface area contributed by atoms with E-state index >= 15 is 0 Å². The molecule has 0 saturated heterocycles. The summed E-state index contributed by atoms with van der Waals surface area (Å²) in [5.41, 5.74) is 1.94. The molecule has 1 N–H and O–H groups in total. The van der Waals surface area contributed by atoms with E-state index in [0.29, 0.717) is 22.3 Å². The normalized spacial score (nSPS) is 10.5. The van der Waals surface area contributed by atoms with Crippen molar-refractivity contribution in [3.8, 4) is 5.75 Å². The van der Waals surface area contributed by atoms with Crippen molar-refractivity contribution in [2.45, 2.75) is 20.5 Å². The second-order valence-electron chi connectivity index (χ2n) is 4.22. The second-order valence-corrected chi connectivity index (χ2v) is 5.88. The van der Waals surface area contributed by atoms with Gasteiger partial charge in [-0.2, -0.15) is 0 Å². The number of thiophene rings is 1. The number of hydrogen-bond donors (Lipinski definition) is 1. The van der Waals surface area contributed by atoms with Gasteiger partial charge in [0.15, 0.2) is 0 Å². The van der Waals surface area contributed by atoms with E-state index in [1.165, 1.54) is 11.3 Å². The van der Waals surface area contributed by atoms with Gasteiger partial charge in [0, 0.05) is 10.4 Å². The molecule has 0 aliphatic carbocycles. The minimum atomic E-state index is -0.910. The number of halogens is 1. The predicted molar refractivity (Wildman–Crippen MR) is 76.5 cm³/mol. The number of carboxylic acids is 1. The van der Waals surface area contributed by atoms with Gasteiger partial charge in [0.2, 0.25) is 0 Å². The number of rotatable bonds is 4. The molecule has 1 heterocycles. The van der Waals surface area contributed by atoms with E-state index in [0.717, 1.165) is 16.0 Å². The van der Waals surface area contributed by atoms with Gasteiger partial charge in [-0.3, -0.25) is 0 Å². The fourth-order valence-corrected chi connectivity index (χ4v) is 2.80. The highest BCUT2D eigenvalue weighted by Crippen LogP contribution is 2.28. The number of aromatic carboxylic acids is 1. The van der Waals surface area contributed by atoms with Crippen LogP contribution in [0.2, 0.25) is 5.02 Å². The highest BCUT2D eigenvalue weighted by atomic mass is 35.5. The lowest BCUT2D eigenvalue weighted by molar-refractivity contribution is 0.0702. The summed E-state index contributed by atoms with van der Waals surface area (Å²) in [6.45, 7) is 4.16. The average molecular weight is 297 g/mol. The summed E-state index contributed by atoms with van der Waals surface area (Å²) in [6.07, 6.45) is 0. The second kappa shape index (κ2) is 5.63. The number of hydrogen-bond acceptors (Lipinski definition) is 3. The zero-order valence-electron chi connectivity index (χ0n) is 10.6. The molecule has 0 saturated carbocycles. The minimum Gasteiger partial charge on any atom is -0.487 e. The SMILES string of the molecule is Cc1ccc(OCc2cc(C(=O)O)sc2C)c(Cl)c1. The highest BCUT2D eigenvalue weighted by molar-refractivity contribution is 7.14. The standard InChI is InChI=1S/C14H13ClO3S/c1-8-3-4-12(11(15)5-8)18-7-10-6-13(14(16)17)19-9(10)2/h3-6H,7H2,1-2H3,(H,16,17). The van der Waals surface area contributed by atoms with Crippen molar-refractivity contribution in [2.24, 2.45) is 0 Å². The third-order valence-electron chi connectivity index (χ3n) is 2.70. The third kappa shape index (κ3) is 3.28. The van der Waals surface area contributed by atoms with Gasteiger partial charge in [0.25, 0.3) is 0 Å². The molecule has 0 aliphatic heterocycles. The predicted octanol–water partition coefficient (Wildman–Crippen LogP) is 4.30. The molecule has 1 aromatic heterocycles. The molecule has 0 aliphatic rings. The number of aryl methyl sites for hydroxylation is 2. The Morgan fingerprint density at radius 2 is 2.11 bits per heavy atom. The molecule has 0 atom stereocenters. The van der Waals surface area contributed by atoms with Gasteiger partial charge in [0.05, 0.1) is 5.02 Å². The summed E-state index contributed by atoms with van der Waals surface area (Å²) in [5.74, 6) is -0.303. The van der Waals surface area contributed by atoms with Gasteiger partial charge in [-0.25, -0.2) is 4.79 Å². The van der Waals surface area contributed by atoms with Crippen LogP contribution in [0.4, 0.5) is 0 Å². The van der Waals surface area contributed by atoms with E-state index in [4.69, 9.17) is 21.4 Å². The van der Waals surface area contributed by atoms with Crippen LogP contribution in [0.3, 0.4) is 0 Å². The van der Waals surface area contributed by atoms with Crippen molar-refractivity contribution < 1.29 is 14.6 Å². The Balaban J connectivity index is 2.12.